The minimum atomic E-state index is 0.791. The van der Waals surface area contributed by atoms with Crippen LogP contribution in [0, 0.1) is 13.8 Å². The fourth-order valence-electron chi connectivity index (χ4n) is 1.91. The maximum absolute atomic E-state index is 4.22. The van der Waals surface area contributed by atoms with Crippen molar-refractivity contribution >= 4 is 17.4 Å². The van der Waals surface area contributed by atoms with Gasteiger partial charge in [-0.3, -0.25) is 5.10 Å². The van der Waals surface area contributed by atoms with Crippen LogP contribution in [-0.2, 0) is 6.54 Å². The summed E-state index contributed by atoms with van der Waals surface area (Å²) < 4.78 is 0. The maximum Gasteiger partial charge on any atom is 0.0643 e. The first-order valence-electron chi connectivity index (χ1n) is 6.29. The third-order valence-corrected chi connectivity index (χ3v) is 4.05. The topological polar surface area (TPSA) is 40.7 Å². The molecule has 2 N–H and O–H groups in total. The average Bonchev–Trinajstić information content (AvgIpc) is 2.74. The van der Waals surface area contributed by atoms with Crippen LogP contribution in [0.5, 0.6) is 0 Å². The molecule has 0 saturated carbocycles. The SMILES string of the molecule is C=CCSc1ccccc1NCc1c(C)n[nH]c1C. The van der Waals surface area contributed by atoms with Gasteiger partial charge in [0.1, 0.15) is 0 Å². The van der Waals surface area contributed by atoms with Crippen molar-refractivity contribution in [3.05, 3.63) is 53.9 Å². The van der Waals surface area contributed by atoms with E-state index in [-0.39, 0.29) is 0 Å². The van der Waals surface area contributed by atoms with Crippen LogP contribution in [0.3, 0.4) is 0 Å². The van der Waals surface area contributed by atoms with E-state index in [4.69, 9.17) is 0 Å². The lowest BCUT2D eigenvalue weighted by Crippen LogP contribution is -2.02. The molecule has 0 amide bonds. The molecule has 3 nitrogen and oxygen atoms in total. The Bertz CT molecular complexity index is 541. The molecule has 0 radical (unpaired) electrons. The van der Waals surface area contributed by atoms with E-state index in [2.05, 4.69) is 53.3 Å². The van der Waals surface area contributed by atoms with Gasteiger partial charge < -0.3 is 5.32 Å². The average molecular weight is 273 g/mol. The normalized spacial score (nSPS) is 10.4. The Morgan fingerprint density at radius 2 is 2.16 bits per heavy atom. The number of nitrogens with one attached hydrogen (secondary N) is 2. The molecule has 0 fully saturated rings. The zero-order valence-corrected chi connectivity index (χ0v) is 12.2. The van der Waals surface area contributed by atoms with Crippen molar-refractivity contribution in [3.8, 4) is 0 Å². The van der Waals surface area contributed by atoms with Crippen LogP contribution in [0.1, 0.15) is 17.0 Å². The molecule has 100 valence electrons. The van der Waals surface area contributed by atoms with E-state index in [9.17, 15) is 0 Å². The van der Waals surface area contributed by atoms with Gasteiger partial charge in [-0.15, -0.1) is 18.3 Å². The van der Waals surface area contributed by atoms with Crippen molar-refractivity contribution < 1.29 is 0 Å². The molecular weight excluding hydrogens is 254 g/mol. The molecule has 1 heterocycles. The first-order valence-corrected chi connectivity index (χ1v) is 7.28. The number of aromatic amines is 1. The molecule has 0 aliphatic rings. The molecule has 0 saturated heterocycles. The van der Waals surface area contributed by atoms with Gasteiger partial charge in [0.05, 0.1) is 5.69 Å². The van der Waals surface area contributed by atoms with Gasteiger partial charge in [0, 0.05) is 34.1 Å². The lowest BCUT2D eigenvalue weighted by atomic mass is 10.2. The first kappa shape index (κ1) is 13.7. The van der Waals surface area contributed by atoms with Crippen molar-refractivity contribution in [1.82, 2.24) is 10.2 Å². The highest BCUT2D eigenvalue weighted by molar-refractivity contribution is 7.99. The number of para-hydroxylation sites is 1. The molecule has 2 aromatic rings. The minimum absolute atomic E-state index is 0.791. The summed E-state index contributed by atoms with van der Waals surface area (Å²) in [5.74, 6) is 0.919. The molecule has 0 aliphatic carbocycles. The Kier molecular flexibility index (Phi) is 4.68. The van der Waals surface area contributed by atoms with E-state index in [1.807, 2.05) is 13.0 Å². The lowest BCUT2D eigenvalue weighted by molar-refractivity contribution is 1.02. The summed E-state index contributed by atoms with van der Waals surface area (Å²) in [7, 11) is 0. The number of thioether (sulfide) groups is 1. The Hall–Kier alpha value is -1.68. The number of anilines is 1. The Labute approximate surface area is 118 Å². The zero-order valence-electron chi connectivity index (χ0n) is 11.4. The highest BCUT2D eigenvalue weighted by atomic mass is 32.2. The lowest BCUT2D eigenvalue weighted by Gasteiger charge is -2.11. The molecule has 1 aromatic heterocycles. The molecule has 0 unspecified atom stereocenters. The summed E-state index contributed by atoms with van der Waals surface area (Å²) in [4.78, 5) is 1.25. The number of aryl methyl sites for hydroxylation is 2. The van der Waals surface area contributed by atoms with E-state index in [1.165, 1.54) is 10.5 Å². The molecule has 0 bridgehead atoms. The highest BCUT2D eigenvalue weighted by Crippen LogP contribution is 2.27. The number of hydrogen-bond donors (Lipinski definition) is 2. The number of benzene rings is 1. The Morgan fingerprint density at radius 3 is 2.84 bits per heavy atom. The Balaban J connectivity index is 2.09. The van der Waals surface area contributed by atoms with Gasteiger partial charge >= 0.3 is 0 Å². The van der Waals surface area contributed by atoms with E-state index < -0.39 is 0 Å². The number of aromatic nitrogens is 2. The molecule has 0 atom stereocenters. The molecular formula is C15H19N3S. The van der Waals surface area contributed by atoms with E-state index in [0.717, 1.165) is 29.4 Å². The van der Waals surface area contributed by atoms with Gasteiger partial charge in [0.25, 0.3) is 0 Å². The van der Waals surface area contributed by atoms with Crippen molar-refractivity contribution in [1.29, 1.82) is 0 Å². The standard InChI is InChI=1S/C15H19N3S/c1-4-9-19-15-8-6-5-7-14(15)16-10-13-11(2)17-18-12(13)3/h4-8,16H,1,9-10H2,2-3H3,(H,17,18). The summed E-state index contributed by atoms with van der Waals surface area (Å²) in [6, 6.07) is 8.35. The van der Waals surface area contributed by atoms with Crippen molar-refractivity contribution in [3.63, 3.8) is 0 Å². The molecule has 19 heavy (non-hydrogen) atoms. The van der Waals surface area contributed by atoms with Crippen LogP contribution in [0.25, 0.3) is 0 Å². The van der Waals surface area contributed by atoms with E-state index in [0.29, 0.717) is 0 Å². The molecule has 0 spiro atoms. The van der Waals surface area contributed by atoms with Crippen molar-refractivity contribution in [2.45, 2.75) is 25.3 Å². The van der Waals surface area contributed by atoms with Crippen LogP contribution in [0.2, 0.25) is 0 Å². The summed E-state index contributed by atoms with van der Waals surface area (Å²) >= 11 is 1.79. The summed E-state index contributed by atoms with van der Waals surface area (Å²) in [5, 5.41) is 10.7. The summed E-state index contributed by atoms with van der Waals surface area (Å²) in [5.41, 5.74) is 4.58. The predicted molar refractivity (Wildman–Crippen MR) is 82.8 cm³/mol. The largest absolute Gasteiger partial charge is 0.380 e. The van der Waals surface area contributed by atoms with E-state index in [1.54, 1.807) is 11.8 Å². The van der Waals surface area contributed by atoms with Crippen LogP contribution in [0.15, 0.2) is 41.8 Å². The summed E-state index contributed by atoms with van der Waals surface area (Å²) in [6.45, 7) is 8.63. The van der Waals surface area contributed by atoms with Gasteiger partial charge in [-0.1, -0.05) is 18.2 Å². The molecule has 2 rings (SSSR count). The zero-order chi connectivity index (χ0) is 13.7. The molecule has 4 heteroatoms. The molecule has 1 aromatic carbocycles. The fourth-order valence-corrected chi connectivity index (χ4v) is 2.67. The third-order valence-electron chi connectivity index (χ3n) is 2.98. The Morgan fingerprint density at radius 1 is 1.37 bits per heavy atom. The van der Waals surface area contributed by atoms with Gasteiger partial charge in [0.2, 0.25) is 0 Å². The van der Waals surface area contributed by atoms with Gasteiger partial charge in [0.15, 0.2) is 0 Å². The van der Waals surface area contributed by atoms with E-state index >= 15 is 0 Å². The number of nitrogens with zero attached hydrogens (tertiary/aromatic N) is 1. The highest BCUT2D eigenvalue weighted by Gasteiger charge is 2.07. The van der Waals surface area contributed by atoms with Gasteiger partial charge in [-0.2, -0.15) is 5.10 Å². The van der Waals surface area contributed by atoms with Gasteiger partial charge in [-0.25, -0.2) is 0 Å². The fraction of sp³-hybridized carbons (Fsp3) is 0.267. The quantitative estimate of drug-likeness (QED) is 0.619. The van der Waals surface area contributed by atoms with Crippen molar-refractivity contribution in [2.75, 3.05) is 11.1 Å². The third kappa shape index (κ3) is 3.41. The number of rotatable bonds is 6. The maximum atomic E-state index is 4.22. The van der Waals surface area contributed by atoms with Crippen LogP contribution < -0.4 is 5.32 Å². The second-order valence-electron chi connectivity index (χ2n) is 4.36. The van der Waals surface area contributed by atoms with Crippen molar-refractivity contribution in [2.24, 2.45) is 0 Å². The second-order valence-corrected chi connectivity index (χ2v) is 5.42. The summed E-state index contributed by atoms with van der Waals surface area (Å²) in [6.07, 6.45) is 1.92. The first-order chi connectivity index (χ1) is 9.22. The predicted octanol–water partition coefficient (Wildman–Crippen LogP) is 3.92. The minimum Gasteiger partial charge on any atom is -0.380 e. The monoisotopic (exact) mass is 273 g/mol. The van der Waals surface area contributed by atoms with Crippen LogP contribution in [-0.4, -0.2) is 16.0 Å². The van der Waals surface area contributed by atoms with Crippen LogP contribution in [0.4, 0.5) is 5.69 Å². The van der Waals surface area contributed by atoms with Crippen LogP contribution >= 0.6 is 11.8 Å². The number of H-pyrrole nitrogens is 1. The second kappa shape index (κ2) is 6.48. The number of hydrogen-bond acceptors (Lipinski definition) is 3. The molecule has 0 aliphatic heterocycles. The smallest absolute Gasteiger partial charge is 0.0643 e. The van der Waals surface area contributed by atoms with Gasteiger partial charge in [-0.05, 0) is 26.0 Å².